The Balaban J connectivity index is 2.20. The number of nitrogen functional groups attached to an aromatic ring is 1. The van der Waals surface area contributed by atoms with Gasteiger partial charge in [0.1, 0.15) is 11.4 Å². The van der Waals surface area contributed by atoms with Gasteiger partial charge in [0.2, 0.25) is 0 Å². The Morgan fingerprint density at radius 2 is 2.35 bits per heavy atom. The number of aromatic amines is 1. The van der Waals surface area contributed by atoms with Crippen LogP contribution in [0.5, 0.6) is 0 Å². The molecule has 94 valence electrons. The van der Waals surface area contributed by atoms with Crippen LogP contribution >= 0.6 is 0 Å². The van der Waals surface area contributed by atoms with Crippen LogP contribution in [0.4, 0.5) is 5.82 Å². The van der Waals surface area contributed by atoms with Gasteiger partial charge in [-0.05, 0) is 6.92 Å². The van der Waals surface area contributed by atoms with Crippen molar-refractivity contribution >= 4 is 21.6 Å². The minimum atomic E-state index is -3.03. The second-order valence-electron chi connectivity index (χ2n) is 4.16. The summed E-state index contributed by atoms with van der Waals surface area (Å²) in [6.07, 6.45) is 1.35. The van der Waals surface area contributed by atoms with E-state index in [2.05, 4.69) is 10.2 Å². The van der Waals surface area contributed by atoms with Crippen molar-refractivity contribution in [3.8, 4) is 0 Å². The van der Waals surface area contributed by atoms with Crippen molar-refractivity contribution in [1.29, 1.82) is 0 Å². The fourth-order valence-corrected chi connectivity index (χ4v) is 3.48. The summed E-state index contributed by atoms with van der Waals surface area (Å²) in [4.78, 5) is 13.6. The van der Waals surface area contributed by atoms with Crippen molar-refractivity contribution in [2.75, 3.05) is 23.8 Å². The largest absolute Gasteiger partial charge is 0.383 e. The average molecular weight is 258 g/mol. The number of hydrogen-bond donors (Lipinski definition) is 2. The van der Waals surface area contributed by atoms with Gasteiger partial charge in [-0.1, -0.05) is 0 Å². The first-order valence-corrected chi connectivity index (χ1v) is 7.03. The maximum absolute atomic E-state index is 12.1. The first-order valence-electron chi connectivity index (χ1n) is 5.21. The summed E-state index contributed by atoms with van der Waals surface area (Å²) >= 11 is 0. The Hall–Kier alpha value is -1.57. The molecule has 0 aromatic carbocycles. The molecule has 1 fully saturated rings. The molecule has 0 saturated carbocycles. The van der Waals surface area contributed by atoms with E-state index in [0.29, 0.717) is 0 Å². The van der Waals surface area contributed by atoms with Crippen molar-refractivity contribution in [3.05, 3.63) is 11.8 Å². The zero-order valence-corrected chi connectivity index (χ0v) is 10.2. The Kier molecular flexibility index (Phi) is 2.82. The maximum atomic E-state index is 12.1. The standard InChI is InChI=1S/C9H14N4O3S/c1-6-5-17(15,16)3-2-13(6)9(14)7-4-11-12-8(7)10/h4,6H,2-3,5H2,1H3,(H3,10,11,12). The molecule has 0 aliphatic carbocycles. The molecule has 1 aliphatic heterocycles. The van der Waals surface area contributed by atoms with Gasteiger partial charge in [0, 0.05) is 12.6 Å². The van der Waals surface area contributed by atoms with Crippen molar-refractivity contribution in [3.63, 3.8) is 0 Å². The van der Waals surface area contributed by atoms with Crippen LogP contribution in [0.15, 0.2) is 6.20 Å². The number of nitrogens with one attached hydrogen (secondary N) is 1. The van der Waals surface area contributed by atoms with Crippen LogP contribution < -0.4 is 5.73 Å². The van der Waals surface area contributed by atoms with Gasteiger partial charge in [-0.2, -0.15) is 5.10 Å². The van der Waals surface area contributed by atoms with E-state index in [9.17, 15) is 13.2 Å². The minimum Gasteiger partial charge on any atom is -0.383 e. The fourth-order valence-electron chi connectivity index (χ4n) is 1.92. The highest BCUT2D eigenvalue weighted by Gasteiger charge is 2.32. The summed E-state index contributed by atoms with van der Waals surface area (Å²) < 4.78 is 22.8. The quantitative estimate of drug-likeness (QED) is 0.689. The number of rotatable bonds is 1. The van der Waals surface area contributed by atoms with Crippen LogP contribution in [-0.2, 0) is 9.84 Å². The predicted molar refractivity (Wildman–Crippen MR) is 62.2 cm³/mol. The topological polar surface area (TPSA) is 109 Å². The molecule has 0 bridgehead atoms. The van der Waals surface area contributed by atoms with Gasteiger partial charge < -0.3 is 10.6 Å². The zero-order chi connectivity index (χ0) is 12.6. The number of H-pyrrole nitrogens is 1. The molecule has 8 heteroatoms. The fraction of sp³-hybridized carbons (Fsp3) is 0.556. The summed E-state index contributed by atoms with van der Waals surface area (Å²) in [5.74, 6) is -0.0774. The van der Waals surface area contributed by atoms with Gasteiger partial charge in [0.15, 0.2) is 9.84 Å². The van der Waals surface area contributed by atoms with Crippen molar-refractivity contribution in [2.24, 2.45) is 0 Å². The van der Waals surface area contributed by atoms with Gasteiger partial charge in [-0.15, -0.1) is 0 Å². The van der Waals surface area contributed by atoms with E-state index in [1.54, 1.807) is 6.92 Å². The molecule has 2 rings (SSSR count). The van der Waals surface area contributed by atoms with E-state index >= 15 is 0 Å². The molecule has 1 unspecified atom stereocenters. The van der Waals surface area contributed by atoms with Crippen LogP contribution in [0, 0.1) is 0 Å². The van der Waals surface area contributed by atoms with Crippen LogP contribution in [0.2, 0.25) is 0 Å². The third-order valence-corrected chi connectivity index (χ3v) is 4.63. The average Bonchev–Trinajstić information content (AvgIpc) is 2.62. The number of sulfone groups is 1. The second-order valence-corrected chi connectivity index (χ2v) is 6.39. The first-order chi connectivity index (χ1) is 7.91. The van der Waals surface area contributed by atoms with Gasteiger partial charge in [-0.25, -0.2) is 8.42 Å². The lowest BCUT2D eigenvalue weighted by atomic mass is 10.2. The molecule has 1 aliphatic rings. The number of nitrogens with zero attached hydrogens (tertiary/aromatic N) is 2. The summed E-state index contributed by atoms with van der Waals surface area (Å²) in [5.41, 5.74) is 5.85. The van der Waals surface area contributed by atoms with Crippen LogP contribution in [-0.4, -0.2) is 53.5 Å². The van der Waals surface area contributed by atoms with E-state index in [0.717, 1.165) is 0 Å². The summed E-state index contributed by atoms with van der Waals surface area (Å²) in [6.45, 7) is 1.91. The first kappa shape index (κ1) is 11.9. The molecular weight excluding hydrogens is 244 g/mol. The minimum absolute atomic E-state index is 0.000830. The maximum Gasteiger partial charge on any atom is 0.259 e. The smallest absolute Gasteiger partial charge is 0.259 e. The lowest BCUT2D eigenvalue weighted by molar-refractivity contribution is 0.0714. The van der Waals surface area contributed by atoms with E-state index in [1.165, 1.54) is 11.1 Å². The molecule has 2 heterocycles. The van der Waals surface area contributed by atoms with Gasteiger partial charge in [-0.3, -0.25) is 9.89 Å². The van der Waals surface area contributed by atoms with E-state index < -0.39 is 9.84 Å². The monoisotopic (exact) mass is 258 g/mol. The van der Waals surface area contributed by atoms with Crippen molar-refractivity contribution in [1.82, 2.24) is 15.1 Å². The number of carbonyl (C=O) groups is 1. The zero-order valence-electron chi connectivity index (χ0n) is 9.38. The predicted octanol–water partition coefficient (Wildman–Crippen LogP) is -0.749. The van der Waals surface area contributed by atoms with Crippen molar-refractivity contribution < 1.29 is 13.2 Å². The molecule has 0 spiro atoms. The van der Waals surface area contributed by atoms with Crippen LogP contribution in [0.25, 0.3) is 0 Å². The molecule has 1 saturated heterocycles. The summed E-state index contributed by atoms with van der Waals surface area (Å²) in [6, 6.07) is -0.337. The molecule has 3 N–H and O–H groups in total. The lowest BCUT2D eigenvalue weighted by Crippen LogP contribution is -2.49. The van der Waals surface area contributed by atoms with Crippen LogP contribution in [0.1, 0.15) is 17.3 Å². The number of carbonyl (C=O) groups excluding carboxylic acids is 1. The van der Waals surface area contributed by atoms with Gasteiger partial charge in [0.25, 0.3) is 5.91 Å². The molecule has 1 aromatic rings. The Morgan fingerprint density at radius 1 is 1.65 bits per heavy atom. The molecule has 1 amide bonds. The summed E-state index contributed by atoms with van der Waals surface area (Å²) in [7, 11) is -3.03. The van der Waals surface area contributed by atoms with E-state index in [1.807, 2.05) is 0 Å². The third-order valence-electron chi connectivity index (χ3n) is 2.83. The molecule has 1 atom stereocenters. The van der Waals surface area contributed by atoms with E-state index in [-0.39, 0.29) is 41.4 Å². The molecule has 0 radical (unpaired) electrons. The highest BCUT2D eigenvalue weighted by molar-refractivity contribution is 7.91. The van der Waals surface area contributed by atoms with Crippen molar-refractivity contribution in [2.45, 2.75) is 13.0 Å². The third kappa shape index (κ3) is 2.26. The number of nitrogens with two attached hydrogens (primary N) is 1. The van der Waals surface area contributed by atoms with E-state index in [4.69, 9.17) is 5.73 Å². The van der Waals surface area contributed by atoms with Gasteiger partial charge >= 0.3 is 0 Å². The Bertz CT molecular complexity index is 536. The lowest BCUT2D eigenvalue weighted by Gasteiger charge is -2.32. The normalized spacial score (nSPS) is 23.6. The van der Waals surface area contributed by atoms with Crippen LogP contribution in [0.3, 0.4) is 0 Å². The highest BCUT2D eigenvalue weighted by atomic mass is 32.2. The Morgan fingerprint density at radius 3 is 2.88 bits per heavy atom. The highest BCUT2D eigenvalue weighted by Crippen LogP contribution is 2.17. The van der Waals surface area contributed by atoms with Gasteiger partial charge in [0.05, 0.1) is 17.7 Å². The number of amides is 1. The molecule has 1 aromatic heterocycles. The number of hydrogen-bond acceptors (Lipinski definition) is 5. The number of aromatic nitrogens is 2. The Labute approximate surface area is 98.9 Å². The molecule has 7 nitrogen and oxygen atoms in total. The molecular formula is C9H14N4O3S. The summed E-state index contributed by atoms with van der Waals surface area (Å²) in [5, 5.41) is 6.16. The number of anilines is 1. The second kappa shape index (κ2) is 4.02. The molecule has 17 heavy (non-hydrogen) atoms. The SMILES string of the molecule is CC1CS(=O)(=O)CCN1C(=O)c1cn[nH]c1N.